The molecule has 1 heterocycles. The van der Waals surface area contributed by atoms with Crippen molar-refractivity contribution in [2.45, 2.75) is 25.5 Å². The second kappa shape index (κ2) is 5.69. The number of carbonyl (C=O) groups excluding carboxylic acids is 1. The van der Waals surface area contributed by atoms with Crippen molar-refractivity contribution in [2.75, 3.05) is 13.2 Å². The zero-order chi connectivity index (χ0) is 13.1. The summed E-state index contributed by atoms with van der Waals surface area (Å²) in [6.45, 7) is 4.46. The van der Waals surface area contributed by atoms with Crippen molar-refractivity contribution in [2.24, 2.45) is 0 Å². The Morgan fingerprint density at radius 2 is 2.17 bits per heavy atom. The Balaban J connectivity index is 2.23. The third-order valence-electron chi connectivity index (χ3n) is 2.64. The smallest absolute Gasteiger partial charge is 0.280 e. The highest BCUT2D eigenvalue weighted by Crippen LogP contribution is 2.34. The molecule has 5 heteroatoms. The maximum Gasteiger partial charge on any atom is 0.280 e. The van der Waals surface area contributed by atoms with Crippen LogP contribution in [0, 0.1) is 0 Å². The van der Waals surface area contributed by atoms with Gasteiger partial charge in [0.2, 0.25) is 0 Å². The summed E-state index contributed by atoms with van der Waals surface area (Å²) in [4.78, 5) is 17.6. The molecule has 2 rings (SSSR count). The van der Waals surface area contributed by atoms with Gasteiger partial charge < -0.3 is 4.74 Å². The van der Waals surface area contributed by atoms with E-state index < -0.39 is 6.23 Å². The third kappa shape index (κ3) is 2.51. The van der Waals surface area contributed by atoms with Crippen molar-refractivity contribution in [1.82, 2.24) is 5.06 Å². The van der Waals surface area contributed by atoms with Crippen molar-refractivity contribution in [3.63, 3.8) is 0 Å². The van der Waals surface area contributed by atoms with E-state index in [-0.39, 0.29) is 17.9 Å². The summed E-state index contributed by atoms with van der Waals surface area (Å²) < 4.78 is 5.58. The summed E-state index contributed by atoms with van der Waals surface area (Å²) in [5.41, 5.74) is 1.46. The van der Waals surface area contributed by atoms with Crippen molar-refractivity contribution in [3.05, 3.63) is 35.4 Å². The number of benzene rings is 1. The van der Waals surface area contributed by atoms with Gasteiger partial charge in [-0.2, -0.15) is 5.06 Å². The largest absolute Gasteiger partial charge is 0.352 e. The second-order valence-corrected chi connectivity index (χ2v) is 4.85. The van der Waals surface area contributed by atoms with Crippen LogP contribution in [-0.2, 0) is 9.57 Å². The molecule has 0 spiro atoms. The van der Waals surface area contributed by atoms with Crippen molar-refractivity contribution < 1.29 is 14.4 Å². The molecular formula is C13H16ClNO3. The molecule has 0 N–H and O–H groups in total. The van der Waals surface area contributed by atoms with Crippen LogP contribution in [0.5, 0.6) is 0 Å². The molecule has 1 aliphatic heterocycles. The molecule has 0 radical (unpaired) electrons. The van der Waals surface area contributed by atoms with Crippen LogP contribution in [0.1, 0.15) is 36.0 Å². The van der Waals surface area contributed by atoms with Gasteiger partial charge in [-0.25, -0.2) is 0 Å². The van der Waals surface area contributed by atoms with Gasteiger partial charge in [-0.15, -0.1) is 11.6 Å². The van der Waals surface area contributed by atoms with Crippen molar-refractivity contribution in [3.8, 4) is 0 Å². The fourth-order valence-electron chi connectivity index (χ4n) is 1.88. The van der Waals surface area contributed by atoms with Gasteiger partial charge in [0.25, 0.3) is 5.91 Å². The summed E-state index contributed by atoms with van der Waals surface area (Å²) in [5.74, 6) is -0.179. The molecule has 2 unspecified atom stereocenters. The molecule has 1 aliphatic rings. The predicted octanol–water partition coefficient (Wildman–Crippen LogP) is 2.74. The number of alkyl halides is 1. The number of halogens is 1. The lowest BCUT2D eigenvalue weighted by Gasteiger charge is -2.24. The third-order valence-corrected chi connectivity index (χ3v) is 2.76. The van der Waals surface area contributed by atoms with Gasteiger partial charge >= 0.3 is 0 Å². The number of hydrogen-bond donors (Lipinski definition) is 0. The Hall–Kier alpha value is -1.10. The van der Waals surface area contributed by atoms with Crippen molar-refractivity contribution in [1.29, 1.82) is 0 Å². The molecule has 0 saturated carbocycles. The van der Waals surface area contributed by atoms with E-state index in [1.54, 1.807) is 6.07 Å². The van der Waals surface area contributed by atoms with Crippen molar-refractivity contribution >= 4 is 17.5 Å². The molecule has 1 aromatic carbocycles. The normalized spacial score (nSPS) is 20.1. The molecule has 1 aromatic rings. The van der Waals surface area contributed by atoms with E-state index in [1.165, 1.54) is 5.06 Å². The van der Waals surface area contributed by atoms with Crippen LogP contribution >= 0.6 is 11.6 Å². The van der Waals surface area contributed by atoms with Crippen LogP contribution in [0.4, 0.5) is 0 Å². The van der Waals surface area contributed by atoms with Gasteiger partial charge in [0.05, 0.1) is 12.0 Å². The quantitative estimate of drug-likeness (QED) is 0.772. The average Bonchev–Trinajstić information content (AvgIpc) is 2.62. The first-order valence-corrected chi connectivity index (χ1v) is 6.39. The van der Waals surface area contributed by atoms with Crippen LogP contribution in [0.25, 0.3) is 0 Å². The second-order valence-electron chi connectivity index (χ2n) is 4.10. The number of amides is 1. The Morgan fingerprint density at radius 3 is 2.83 bits per heavy atom. The molecule has 0 saturated heterocycles. The fraction of sp³-hybridized carbons (Fsp3) is 0.462. The summed E-state index contributed by atoms with van der Waals surface area (Å²) in [5, 5.41) is 1.11. The first-order valence-electron chi connectivity index (χ1n) is 5.96. The topological polar surface area (TPSA) is 38.8 Å². The number of carbonyl (C=O) groups is 1. The first kappa shape index (κ1) is 13.3. The number of fused-ring (bicyclic) bond motifs is 1. The standard InChI is InChI=1S/C13H16ClNO3/c1-3-17-13-11-7-5-4-6-10(11)12(16)15(13)18-8-9(2)14/h4-7,9,13H,3,8H2,1-2H3. The molecule has 1 amide bonds. The zero-order valence-electron chi connectivity index (χ0n) is 10.4. The summed E-state index contributed by atoms with van der Waals surface area (Å²) in [7, 11) is 0. The molecule has 0 bridgehead atoms. The van der Waals surface area contributed by atoms with Gasteiger partial charge in [-0.3, -0.25) is 9.63 Å². The van der Waals surface area contributed by atoms with Crippen LogP contribution in [-0.4, -0.2) is 29.6 Å². The molecule has 4 nitrogen and oxygen atoms in total. The molecule has 18 heavy (non-hydrogen) atoms. The minimum Gasteiger partial charge on any atom is -0.352 e. The predicted molar refractivity (Wildman–Crippen MR) is 68.2 cm³/mol. The molecule has 2 atom stereocenters. The van der Waals surface area contributed by atoms with Crippen LogP contribution < -0.4 is 0 Å². The molecule has 98 valence electrons. The first-order chi connectivity index (χ1) is 8.65. The highest BCUT2D eigenvalue weighted by molar-refractivity contribution is 6.20. The SMILES string of the molecule is CCOC1c2ccccc2C(=O)N1OCC(C)Cl. The highest BCUT2D eigenvalue weighted by atomic mass is 35.5. The minimum absolute atomic E-state index is 0.163. The van der Waals surface area contributed by atoms with Gasteiger partial charge in [0.1, 0.15) is 0 Å². The van der Waals surface area contributed by atoms with E-state index in [0.29, 0.717) is 12.2 Å². The van der Waals surface area contributed by atoms with Gasteiger partial charge in [0.15, 0.2) is 6.23 Å². The average molecular weight is 270 g/mol. The van der Waals surface area contributed by atoms with E-state index >= 15 is 0 Å². The number of ether oxygens (including phenoxy) is 1. The Labute approximate surface area is 111 Å². The molecule has 0 aliphatic carbocycles. The number of rotatable bonds is 5. The Kier molecular flexibility index (Phi) is 4.22. The van der Waals surface area contributed by atoms with Crippen LogP contribution in [0.3, 0.4) is 0 Å². The lowest BCUT2D eigenvalue weighted by molar-refractivity contribution is -0.214. The highest BCUT2D eigenvalue weighted by Gasteiger charge is 2.38. The maximum atomic E-state index is 12.2. The summed E-state index contributed by atoms with van der Waals surface area (Å²) in [6, 6.07) is 7.36. The van der Waals surface area contributed by atoms with Crippen LogP contribution in [0.2, 0.25) is 0 Å². The van der Waals surface area contributed by atoms with E-state index in [0.717, 1.165) is 5.56 Å². The van der Waals surface area contributed by atoms with Gasteiger partial charge in [0, 0.05) is 17.7 Å². The van der Waals surface area contributed by atoms with E-state index in [1.807, 2.05) is 32.0 Å². The number of nitrogens with zero attached hydrogens (tertiary/aromatic N) is 1. The molecule has 0 fully saturated rings. The lowest BCUT2D eigenvalue weighted by atomic mass is 10.1. The zero-order valence-corrected chi connectivity index (χ0v) is 11.2. The molecule has 0 aromatic heterocycles. The monoisotopic (exact) mass is 269 g/mol. The van der Waals surface area contributed by atoms with E-state index in [2.05, 4.69) is 0 Å². The summed E-state index contributed by atoms with van der Waals surface area (Å²) >= 11 is 5.84. The minimum atomic E-state index is -0.478. The van der Waals surface area contributed by atoms with Gasteiger partial charge in [-0.1, -0.05) is 18.2 Å². The fourth-order valence-corrected chi connectivity index (χ4v) is 1.94. The Morgan fingerprint density at radius 1 is 1.44 bits per heavy atom. The van der Waals surface area contributed by atoms with Gasteiger partial charge in [-0.05, 0) is 19.9 Å². The number of hydroxylamine groups is 2. The molecular weight excluding hydrogens is 254 g/mol. The number of hydrogen-bond acceptors (Lipinski definition) is 3. The Bertz CT molecular complexity index is 436. The van der Waals surface area contributed by atoms with E-state index in [9.17, 15) is 4.79 Å². The van der Waals surface area contributed by atoms with E-state index in [4.69, 9.17) is 21.2 Å². The lowest BCUT2D eigenvalue weighted by Crippen LogP contribution is -2.31. The van der Waals surface area contributed by atoms with Crippen LogP contribution in [0.15, 0.2) is 24.3 Å². The maximum absolute atomic E-state index is 12.2. The summed E-state index contributed by atoms with van der Waals surface area (Å²) in [6.07, 6.45) is -0.478.